The lowest BCUT2D eigenvalue weighted by atomic mass is 9.87. The van der Waals surface area contributed by atoms with Gasteiger partial charge in [0, 0.05) is 24.0 Å². The molecule has 0 radical (unpaired) electrons. The fourth-order valence-electron chi connectivity index (χ4n) is 4.16. The summed E-state index contributed by atoms with van der Waals surface area (Å²) in [7, 11) is 0. The average molecular weight is 448 g/mol. The van der Waals surface area contributed by atoms with Gasteiger partial charge in [-0.3, -0.25) is 9.48 Å². The fraction of sp³-hybridized carbons (Fsp3) is 0.200. The second kappa shape index (κ2) is 8.74. The van der Waals surface area contributed by atoms with Gasteiger partial charge in [0.2, 0.25) is 0 Å². The Morgan fingerprint density at radius 1 is 1.00 bits per heavy atom. The number of ether oxygens (including phenoxy) is 1. The minimum Gasteiger partial charge on any atom is -0.488 e. The van der Waals surface area contributed by atoms with Gasteiger partial charge in [-0.05, 0) is 23.8 Å². The summed E-state index contributed by atoms with van der Waals surface area (Å²) in [6, 6.07) is 19.1. The molecule has 0 unspecified atom stereocenters. The van der Waals surface area contributed by atoms with E-state index in [0.717, 1.165) is 16.5 Å². The molecule has 1 heterocycles. The Morgan fingerprint density at radius 2 is 1.84 bits per heavy atom. The normalized spacial score (nSPS) is 12.2. The molecule has 3 aromatic carbocycles. The number of halogens is 1. The number of benzene rings is 3. The van der Waals surface area contributed by atoms with Gasteiger partial charge in [0.15, 0.2) is 5.78 Å². The number of hydrogen-bond acceptors (Lipinski definition) is 5. The molecule has 2 N–H and O–H groups in total. The molecule has 0 spiro atoms. The molecule has 0 aliphatic heterocycles. The van der Waals surface area contributed by atoms with Crippen molar-refractivity contribution in [3.05, 3.63) is 82.4 Å². The highest BCUT2D eigenvalue weighted by Crippen LogP contribution is 2.45. The Morgan fingerprint density at radius 3 is 2.66 bits per heavy atom. The monoisotopic (exact) mass is 447 g/mol. The first-order valence-electron chi connectivity index (χ1n) is 10.5. The third-order valence-corrected chi connectivity index (χ3v) is 5.94. The van der Waals surface area contributed by atoms with Gasteiger partial charge in [-0.2, -0.15) is 5.10 Å². The molecular formula is C25H22ClN3O3. The maximum absolute atomic E-state index is 13.4. The van der Waals surface area contributed by atoms with Crippen LogP contribution < -0.4 is 10.1 Å². The molecule has 0 saturated carbocycles. The zero-order valence-electron chi connectivity index (χ0n) is 17.3. The summed E-state index contributed by atoms with van der Waals surface area (Å²) in [5.74, 6) is 0.501. The quantitative estimate of drug-likeness (QED) is 0.351. The summed E-state index contributed by atoms with van der Waals surface area (Å²) in [6.45, 7) is 2.22. The average Bonchev–Trinajstić information content (AvgIpc) is 3.18. The van der Waals surface area contributed by atoms with Crippen LogP contribution in [-0.2, 0) is 13.2 Å². The molecule has 5 rings (SSSR count). The number of hydrogen-bond donors (Lipinski definition) is 2. The molecular weight excluding hydrogens is 426 g/mol. The number of carbonyl (C=O) groups excluding carboxylic acids is 1. The van der Waals surface area contributed by atoms with Crippen LogP contribution in [0.5, 0.6) is 5.75 Å². The zero-order chi connectivity index (χ0) is 22.1. The highest BCUT2D eigenvalue weighted by molar-refractivity contribution is 6.39. The van der Waals surface area contributed by atoms with E-state index in [1.54, 1.807) is 12.1 Å². The van der Waals surface area contributed by atoms with Crippen LogP contribution in [0.15, 0.2) is 60.7 Å². The van der Waals surface area contributed by atoms with Crippen molar-refractivity contribution in [3.63, 3.8) is 0 Å². The summed E-state index contributed by atoms with van der Waals surface area (Å²) in [6.07, 6.45) is 0. The van der Waals surface area contributed by atoms with Crippen LogP contribution in [0.2, 0.25) is 5.02 Å². The maximum atomic E-state index is 13.4. The molecule has 4 aromatic rings. The van der Waals surface area contributed by atoms with Gasteiger partial charge in [0.25, 0.3) is 0 Å². The summed E-state index contributed by atoms with van der Waals surface area (Å²) in [5, 5.41) is 18.2. The Balaban J connectivity index is 1.61. The van der Waals surface area contributed by atoms with E-state index in [2.05, 4.69) is 5.32 Å². The number of aliphatic hydroxyl groups is 1. The topological polar surface area (TPSA) is 76.4 Å². The van der Waals surface area contributed by atoms with E-state index >= 15 is 0 Å². The van der Waals surface area contributed by atoms with E-state index in [1.165, 1.54) is 0 Å². The highest BCUT2D eigenvalue weighted by atomic mass is 35.5. The van der Waals surface area contributed by atoms with Gasteiger partial charge in [0.1, 0.15) is 18.1 Å². The number of fused-ring (bicyclic) bond motifs is 2. The lowest BCUT2D eigenvalue weighted by molar-refractivity contribution is 0.104. The molecule has 162 valence electrons. The van der Waals surface area contributed by atoms with Crippen molar-refractivity contribution in [2.75, 3.05) is 19.7 Å². The molecule has 7 heteroatoms. The highest BCUT2D eigenvalue weighted by Gasteiger charge is 2.33. The minimum atomic E-state index is -0.119. The molecule has 1 aliphatic carbocycles. The number of aliphatic hydroxyl groups excluding tert-OH is 1. The molecule has 0 fully saturated rings. The first-order valence-corrected chi connectivity index (χ1v) is 10.9. The van der Waals surface area contributed by atoms with Gasteiger partial charge in [-0.1, -0.05) is 54.1 Å². The van der Waals surface area contributed by atoms with E-state index in [0.29, 0.717) is 59.4 Å². The van der Waals surface area contributed by atoms with Crippen molar-refractivity contribution >= 4 is 28.3 Å². The predicted molar refractivity (Wildman–Crippen MR) is 124 cm³/mol. The summed E-state index contributed by atoms with van der Waals surface area (Å²) >= 11 is 6.48. The van der Waals surface area contributed by atoms with Crippen molar-refractivity contribution < 1.29 is 14.6 Å². The van der Waals surface area contributed by atoms with E-state index in [1.807, 2.05) is 53.2 Å². The summed E-state index contributed by atoms with van der Waals surface area (Å²) in [4.78, 5) is 13.4. The van der Waals surface area contributed by atoms with Gasteiger partial charge in [-0.25, -0.2) is 0 Å². The largest absolute Gasteiger partial charge is 0.488 e. The number of carbonyl (C=O) groups is 1. The Bertz CT molecular complexity index is 1300. The number of nitrogens with one attached hydrogen (secondary N) is 1. The molecule has 0 atom stereocenters. The molecule has 1 aliphatic rings. The van der Waals surface area contributed by atoms with Crippen molar-refractivity contribution in [1.29, 1.82) is 0 Å². The van der Waals surface area contributed by atoms with Crippen LogP contribution in [0.1, 0.15) is 21.5 Å². The van der Waals surface area contributed by atoms with Crippen molar-refractivity contribution in [2.24, 2.45) is 0 Å². The first kappa shape index (κ1) is 20.7. The lowest BCUT2D eigenvalue weighted by Gasteiger charge is -2.19. The van der Waals surface area contributed by atoms with Crippen molar-refractivity contribution in [3.8, 4) is 17.0 Å². The number of aromatic nitrogens is 2. The van der Waals surface area contributed by atoms with Crippen LogP contribution in [0.25, 0.3) is 22.2 Å². The Kier molecular flexibility index (Phi) is 5.66. The van der Waals surface area contributed by atoms with Crippen molar-refractivity contribution in [1.82, 2.24) is 15.1 Å². The molecule has 0 amide bonds. The van der Waals surface area contributed by atoms with E-state index in [4.69, 9.17) is 26.5 Å². The van der Waals surface area contributed by atoms with Gasteiger partial charge in [0.05, 0.1) is 34.8 Å². The maximum Gasteiger partial charge on any atom is 0.196 e. The zero-order valence-corrected chi connectivity index (χ0v) is 18.1. The standard InChI is InChI=1S/C25H22ClN3O3/c26-18-9-10-19-23-22(18)25(31)17-7-4-8-20(32-15-16-5-2-1-3-6-16)21(17)24(23)28-29(19)13-11-27-12-14-30/h1-10,27,30H,11-15H2. The summed E-state index contributed by atoms with van der Waals surface area (Å²) < 4.78 is 8.04. The van der Waals surface area contributed by atoms with E-state index in [-0.39, 0.29) is 12.4 Å². The van der Waals surface area contributed by atoms with Crippen LogP contribution >= 0.6 is 11.6 Å². The summed E-state index contributed by atoms with van der Waals surface area (Å²) in [5.41, 5.74) is 4.33. The van der Waals surface area contributed by atoms with Gasteiger partial charge >= 0.3 is 0 Å². The van der Waals surface area contributed by atoms with Gasteiger partial charge < -0.3 is 15.2 Å². The van der Waals surface area contributed by atoms with E-state index in [9.17, 15) is 4.79 Å². The van der Waals surface area contributed by atoms with E-state index < -0.39 is 0 Å². The number of rotatable bonds is 8. The third-order valence-electron chi connectivity index (χ3n) is 5.63. The Labute approximate surface area is 190 Å². The van der Waals surface area contributed by atoms with Gasteiger partial charge in [-0.15, -0.1) is 0 Å². The number of nitrogens with zero attached hydrogens (tertiary/aromatic N) is 2. The van der Waals surface area contributed by atoms with Crippen LogP contribution in [-0.4, -0.2) is 40.4 Å². The lowest BCUT2D eigenvalue weighted by Crippen LogP contribution is -2.23. The SMILES string of the molecule is O=C1c2cccc(OCc3ccccc3)c2-c2nn(CCNCCO)c3ccc(Cl)c1c23. The predicted octanol–water partition coefficient (Wildman–Crippen LogP) is 4.06. The molecule has 6 nitrogen and oxygen atoms in total. The van der Waals surface area contributed by atoms with Crippen LogP contribution in [0, 0.1) is 0 Å². The molecule has 0 bridgehead atoms. The van der Waals surface area contributed by atoms with Crippen LogP contribution in [0.3, 0.4) is 0 Å². The second-order valence-electron chi connectivity index (χ2n) is 7.64. The molecule has 1 aromatic heterocycles. The Hall–Kier alpha value is -3.19. The molecule has 32 heavy (non-hydrogen) atoms. The van der Waals surface area contributed by atoms with Crippen molar-refractivity contribution in [2.45, 2.75) is 13.2 Å². The first-order chi connectivity index (χ1) is 15.7. The second-order valence-corrected chi connectivity index (χ2v) is 8.05. The van der Waals surface area contributed by atoms with Crippen LogP contribution in [0.4, 0.5) is 0 Å². The minimum absolute atomic E-state index is 0.0782. The fourth-order valence-corrected chi connectivity index (χ4v) is 4.40. The smallest absolute Gasteiger partial charge is 0.196 e. The number of ketones is 1. The third kappa shape index (κ3) is 3.56. The molecule has 0 saturated heterocycles.